The maximum Gasteiger partial charge on any atom is 0.240 e. The summed E-state index contributed by atoms with van der Waals surface area (Å²) in [6.07, 6.45) is 8.83. The molecule has 1 heterocycles. The Balaban J connectivity index is 1.93. The zero-order chi connectivity index (χ0) is 15.3. The van der Waals surface area contributed by atoms with Gasteiger partial charge in [0.1, 0.15) is 0 Å². The second-order valence-corrected chi connectivity index (χ2v) is 6.96. The number of nitrogens with one attached hydrogen (secondary N) is 1. The first-order valence-corrected chi connectivity index (χ1v) is 8.92. The van der Waals surface area contributed by atoms with Crippen molar-refractivity contribution in [3.63, 3.8) is 0 Å². The number of hydrogen-bond acceptors (Lipinski definition) is 3. The van der Waals surface area contributed by atoms with Gasteiger partial charge in [-0.15, -0.1) is 0 Å². The molecule has 0 radical (unpaired) electrons. The van der Waals surface area contributed by atoms with Crippen LogP contribution in [-0.4, -0.2) is 42.0 Å². The summed E-state index contributed by atoms with van der Waals surface area (Å²) in [4.78, 5) is 15.0. The second kappa shape index (κ2) is 7.59. The smallest absolute Gasteiger partial charge is 0.240 e. The van der Waals surface area contributed by atoms with Crippen molar-refractivity contribution in [1.82, 2.24) is 10.2 Å². The predicted molar refractivity (Wildman–Crippen MR) is 87.1 cm³/mol. The molecule has 4 nitrogen and oxygen atoms in total. The van der Waals surface area contributed by atoms with Gasteiger partial charge in [-0.2, -0.15) is 0 Å². The maximum atomic E-state index is 12.4. The summed E-state index contributed by atoms with van der Waals surface area (Å²) < 4.78 is 0. The van der Waals surface area contributed by atoms with Crippen LogP contribution in [0.5, 0.6) is 0 Å². The molecule has 1 aliphatic carbocycles. The molecule has 0 aromatic carbocycles. The van der Waals surface area contributed by atoms with E-state index in [1.165, 1.54) is 38.8 Å². The summed E-state index contributed by atoms with van der Waals surface area (Å²) in [6, 6.07) is 0.483. The van der Waals surface area contributed by atoms with Gasteiger partial charge in [-0.1, -0.05) is 39.5 Å². The van der Waals surface area contributed by atoms with Crippen LogP contribution in [0.25, 0.3) is 0 Å². The molecule has 0 aromatic rings. The molecule has 2 fully saturated rings. The Labute approximate surface area is 129 Å². The lowest BCUT2D eigenvalue weighted by atomic mass is 9.92. The van der Waals surface area contributed by atoms with Crippen LogP contribution in [0, 0.1) is 5.92 Å². The first kappa shape index (κ1) is 16.8. The molecule has 4 heteroatoms. The minimum atomic E-state index is -0.594. The number of hydrogen-bond donors (Lipinski definition) is 2. The molecule has 0 spiro atoms. The first-order valence-electron chi connectivity index (χ1n) is 8.92. The summed E-state index contributed by atoms with van der Waals surface area (Å²) in [5.74, 6) is 0.746. The number of amides is 1. The van der Waals surface area contributed by atoms with Crippen LogP contribution >= 0.6 is 0 Å². The fourth-order valence-corrected chi connectivity index (χ4v) is 4.11. The van der Waals surface area contributed by atoms with Gasteiger partial charge in [0.05, 0.1) is 5.54 Å². The lowest BCUT2D eigenvalue weighted by Crippen LogP contribution is -2.55. The zero-order valence-electron chi connectivity index (χ0n) is 13.9. The van der Waals surface area contributed by atoms with E-state index in [4.69, 9.17) is 5.73 Å². The monoisotopic (exact) mass is 295 g/mol. The van der Waals surface area contributed by atoms with Gasteiger partial charge < -0.3 is 11.1 Å². The maximum absolute atomic E-state index is 12.4. The van der Waals surface area contributed by atoms with E-state index in [0.29, 0.717) is 12.0 Å². The van der Waals surface area contributed by atoms with Gasteiger partial charge in [0.25, 0.3) is 0 Å². The largest absolute Gasteiger partial charge is 0.353 e. The molecule has 2 rings (SSSR count). The third-order valence-corrected chi connectivity index (χ3v) is 5.62. The molecule has 1 amide bonds. The van der Waals surface area contributed by atoms with Gasteiger partial charge in [0.15, 0.2) is 0 Å². The molecule has 1 atom stereocenters. The number of rotatable bonds is 7. The highest BCUT2D eigenvalue weighted by atomic mass is 16.2. The highest BCUT2D eigenvalue weighted by Gasteiger charge is 2.37. The minimum absolute atomic E-state index is 0.0788. The lowest BCUT2D eigenvalue weighted by Gasteiger charge is -2.35. The quantitative estimate of drug-likeness (QED) is 0.757. The van der Waals surface area contributed by atoms with Gasteiger partial charge in [0.2, 0.25) is 5.91 Å². The highest BCUT2D eigenvalue weighted by molar-refractivity contribution is 5.86. The Morgan fingerprint density at radius 2 is 1.71 bits per heavy atom. The van der Waals surface area contributed by atoms with Crippen molar-refractivity contribution in [1.29, 1.82) is 0 Å². The average molecular weight is 295 g/mol. The number of likely N-dealkylation sites (tertiary alicyclic amines) is 1. The molecule has 2 aliphatic rings. The molecular formula is C17H33N3O. The predicted octanol–water partition coefficient (Wildman–Crippen LogP) is 2.27. The van der Waals surface area contributed by atoms with E-state index >= 15 is 0 Å². The van der Waals surface area contributed by atoms with E-state index in [1.54, 1.807) is 0 Å². The van der Waals surface area contributed by atoms with E-state index < -0.39 is 5.54 Å². The topological polar surface area (TPSA) is 58.4 Å². The van der Waals surface area contributed by atoms with Gasteiger partial charge in [0, 0.05) is 12.6 Å². The van der Waals surface area contributed by atoms with Crippen molar-refractivity contribution < 1.29 is 4.79 Å². The number of nitrogens with two attached hydrogens (primary N) is 1. The number of carbonyl (C=O) groups is 1. The van der Waals surface area contributed by atoms with E-state index in [1.807, 2.05) is 0 Å². The Kier molecular flexibility index (Phi) is 6.06. The third kappa shape index (κ3) is 3.98. The Morgan fingerprint density at radius 3 is 2.24 bits per heavy atom. The fourth-order valence-electron chi connectivity index (χ4n) is 4.11. The van der Waals surface area contributed by atoms with E-state index in [-0.39, 0.29) is 5.91 Å². The standard InChI is InChI=1S/C17H33N3O/c1-3-14(4-2)15(20-11-7-8-12-20)13-19-16(21)17(18)9-5-6-10-17/h14-15H,3-13,18H2,1-2H3,(H,19,21). The molecular weight excluding hydrogens is 262 g/mol. The fraction of sp³-hybridized carbons (Fsp3) is 0.941. The number of nitrogens with zero attached hydrogens (tertiary/aromatic N) is 1. The van der Waals surface area contributed by atoms with Crippen molar-refractivity contribution >= 4 is 5.91 Å². The summed E-state index contributed by atoms with van der Waals surface area (Å²) in [7, 11) is 0. The first-order chi connectivity index (χ1) is 10.1. The summed E-state index contributed by atoms with van der Waals surface area (Å²) in [5, 5.41) is 3.19. The van der Waals surface area contributed by atoms with Crippen molar-refractivity contribution in [2.45, 2.75) is 76.8 Å². The number of carbonyl (C=O) groups excluding carboxylic acids is 1. The van der Waals surface area contributed by atoms with E-state index in [9.17, 15) is 4.79 Å². The van der Waals surface area contributed by atoms with Crippen LogP contribution in [0.4, 0.5) is 0 Å². The van der Waals surface area contributed by atoms with Crippen LogP contribution in [0.1, 0.15) is 65.2 Å². The van der Waals surface area contributed by atoms with Crippen LogP contribution in [0.15, 0.2) is 0 Å². The van der Waals surface area contributed by atoms with Crippen molar-refractivity contribution in [2.75, 3.05) is 19.6 Å². The second-order valence-electron chi connectivity index (χ2n) is 6.96. The van der Waals surface area contributed by atoms with Crippen molar-refractivity contribution in [2.24, 2.45) is 11.7 Å². The van der Waals surface area contributed by atoms with Crippen molar-refractivity contribution in [3.8, 4) is 0 Å². The van der Waals surface area contributed by atoms with Crippen LogP contribution < -0.4 is 11.1 Å². The molecule has 0 bridgehead atoms. The molecule has 1 aliphatic heterocycles. The van der Waals surface area contributed by atoms with E-state index in [2.05, 4.69) is 24.1 Å². The van der Waals surface area contributed by atoms with Gasteiger partial charge >= 0.3 is 0 Å². The minimum Gasteiger partial charge on any atom is -0.353 e. The Bertz CT molecular complexity index is 327. The molecule has 122 valence electrons. The molecule has 1 saturated heterocycles. The van der Waals surface area contributed by atoms with E-state index in [0.717, 1.165) is 32.2 Å². The Morgan fingerprint density at radius 1 is 1.14 bits per heavy atom. The summed E-state index contributed by atoms with van der Waals surface area (Å²) >= 11 is 0. The molecule has 0 aromatic heterocycles. The normalized spacial score (nSPS) is 23.6. The van der Waals surface area contributed by atoms with Crippen LogP contribution in [-0.2, 0) is 4.79 Å². The molecule has 1 saturated carbocycles. The van der Waals surface area contributed by atoms with Gasteiger partial charge in [-0.25, -0.2) is 0 Å². The molecule has 1 unspecified atom stereocenters. The SMILES string of the molecule is CCC(CC)C(CNC(=O)C1(N)CCCC1)N1CCCC1. The Hall–Kier alpha value is -0.610. The third-order valence-electron chi connectivity index (χ3n) is 5.62. The van der Waals surface area contributed by atoms with Crippen LogP contribution in [0.3, 0.4) is 0 Å². The van der Waals surface area contributed by atoms with Gasteiger partial charge in [-0.3, -0.25) is 9.69 Å². The zero-order valence-corrected chi connectivity index (χ0v) is 13.9. The summed E-state index contributed by atoms with van der Waals surface area (Å²) in [5.41, 5.74) is 5.66. The average Bonchev–Trinajstić information content (AvgIpc) is 3.15. The summed E-state index contributed by atoms with van der Waals surface area (Å²) in [6.45, 7) is 7.67. The van der Waals surface area contributed by atoms with Crippen LogP contribution in [0.2, 0.25) is 0 Å². The highest BCUT2D eigenvalue weighted by Crippen LogP contribution is 2.28. The lowest BCUT2D eigenvalue weighted by molar-refractivity contribution is -0.126. The molecule has 3 N–H and O–H groups in total. The van der Waals surface area contributed by atoms with Gasteiger partial charge in [-0.05, 0) is 44.7 Å². The molecule has 21 heavy (non-hydrogen) atoms. The van der Waals surface area contributed by atoms with Crippen molar-refractivity contribution in [3.05, 3.63) is 0 Å².